The van der Waals surface area contributed by atoms with Crippen LogP contribution in [0.4, 0.5) is 10.1 Å². The van der Waals surface area contributed by atoms with Crippen molar-refractivity contribution < 1.29 is 14.0 Å². The second kappa shape index (κ2) is 9.12. The second-order valence-electron chi connectivity index (χ2n) is 6.64. The summed E-state index contributed by atoms with van der Waals surface area (Å²) in [6, 6.07) is 13.1. The highest BCUT2D eigenvalue weighted by molar-refractivity contribution is 5.97. The van der Waals surface area contributed by atoms with Gasteiger partial charge in [-0.15, -0.1) is 0 Å². The Morgan fingerprint density at radius 3 is 2.52 bits per heavy atom. The van der Waals surface area contributed by atoms with E-state index in [9.17, 15) is 14.0 Å². The lowest BCUT2D eigenvalue weighted by atomic mass is 10.1. The molecule has 0 radical (unpaired) electrons. The van der Waals surface area contributed by atoms with Gasteiger partial charge in [0, 0.05) is 30.8 Å². The molecule has 4 nitrogen and oxygen atoms in total. The minimum absolute atomic E-state index is 0.0157. The van der Waals surface area contributed by atoms with E-state index in [-0.39, 0.29) is 24.1 Å². The van der Waals surface area contributed by atoms with Gasteiger partial charge in [-0.1, -0.05) is 30.4 Å². The number of halogens is 1. The number of rotatable bonds is 5. The van der Waals surface area contributed by atoms with Gasteiger partial charge in [-0.3, -0.25) is 9.59 Å². The Labute approximate surface area is 158 Å². The summed E-state index contributed by atoms with van der Waals surface area (Å²) in [5.74, 6) is -0.443. The lowest BCUT2D eigenvalue weighted by Gasteiger charge is -2.26. The largest absolute Gasteiger partial charge is 0.339 e. The van der Waals surface area contributed by atoms with E-state index in [0.717, 1.165) is 31.5 Å². The lowest BCUT2D eigenvalue weighted by molar-refractivity contribution is -0.115. The van der Waals surface area contributed by atoms with E-state index in [4.69, 9.17) is 0 Å². The van der Waals surface area contributed by atoms with Crippen molar-refractivity contribution in [3.8, 4) is 0 Å². The summed E-state index contributed by atoms with van der Waals surface area (Å²) in [5.41, 5.74) is 2.04. The summed E-state index contributed by atoms with van der Waals surface area (Å²) >= 11 is 0. The van der Waals surface area contributed by atoms with E-state index < -0.39 is 0 Å². The van der Waals surface area contributed by atoms with Crippen LogP contribution in [0.5, 0.6) is 0 Å². The fourth-order valence-electron chi connectivity index (χ4n) is 3.10. The van der Waals surface area contributed by atoms with Gasteiger partial charge in [-0.05, 0) is 55.2 Å². The topological polar surface area (TPSA) is 49.4 Å². The zero-order chi connectivity index (χ0) is 19.1. The first-order valence-electron chi connectivity index (χ1n) is 9.23. The van der Waals surface area contributed by atoms with Crippen molar-refractivity contribution in [3.05, 3.63) is 71.6 Å². The number of amides is 2. The Kier molecular flexibility index (Phi) is 6.36. The van der Waals surface area contributed by atoms with E-state index in [1.807, 2.05) is 4.90 Å². The van der Waals surface area contributed by atoms with Crippen LogP contribution in [0.25, 0.3) is 6.08 Å². The maximum Gasteiger partial charge on any atom is 0.253 e. The number of nitrogens with zero attached hydrogens (tertiary/aromatic N) is 1. The summed E-state index contributed by atoms with van der Waals surface area (Å²) in [6.45, 7) is 1.59. The van der Waals surface area contributed by atoms with E-state index in [1.165, 1.54) is 18.6 Å². The van der Waals surface area contributed by atoms with Crippen molar-refractivity contribution in [2.24, 2.45) is 0 Å². The van der Waals surface area contributed by atoms with Crippen LogP contribution in [-0.2, 0) is 4.79 Å². The molecule has 0 atom stereocenters. The Bertz CT molecular complexity index is 824. The fourth-order valence-corrected chi connectivity index (χ4v) is 3.10. The number of nitrogens with one attached hydrogen (secondary N) is 1. The number of hydrogen-bond acceptors (Lipinski definition) is 2. The van der Waals surface area contributed by atoms with Crippen LogP contribution in [-0.4, -0.2) is 29.8 Å². The molecular weight excluding hydrogens is 343 g/mol. The number of carbonyl (C=O) groups is 2. The van der Waals surface area contributed by atoms with Gasteiger partial charge in [-0.2, -0.15) is 0 Å². The summed E-state index contributed by atoms with van der Waals surface area (Å²) in [5, 5.41) is 2.81. The number of piperidine rings is 1. The number of anilines is 1. The van der Waals surface area contributed by atoms with Gasteiger partial charge < -0.3 is 10.2 Å². The van der Waals surface area contributed by atoms with Crippen LogP contribution in [0.3, 0.4) is 0 Å². The van der Waals surface area contributed by atoms with Crippen molar-refractivity contribution in [1.29, 1.82) is 0 Å². The predicted molar refractivity (Wildman–Crippen MR) is 105 cm³/mol. The first-order chi connectivity index (χ1) is 13.1. The van der Waals surface area contributed by atoms with Crippen LogP contribution >= 0.6 is 0 Å². The molecule has 1 fully saturated rings. The second-order valence-corrected chi connectivity index (χ2v) is 6.64. The average Bonchev–Trinajstić information content (AvgIpc) is 2.70. The standard InChI is InChI=1S/C22H23FN2O2/c23-19-12-10-17(11-13-19)6-4-9-21(26)24-20-8-5-7-18(16-20)22(27)25-14-2-1-3-15-25/h4-8,10-13,16H,1-3,9,14-15H2,(H,24,26)/b6-4+. The first-order valence-corrected chi connectivity index (χ1v) is 9.23. The predicted octanol–water partition coefficient (Wildman–Crippen LogP) is 4.49. The molecule has 1 heterocycles. The maximum absolute atomic E-state index is 12.9. The zero-order valence-corrected chi connectivity index (χ0v) is 15.2. The zero-order valence-electron chi connectivity index (χ0n) is 15.2. The normalized spacial score (nSPS) is 14.3. The highest BCUT2D eigenvalue weighted by Crippen LogP contribution is 2.16. The van der Waals surface area contributed by atoms with Gasteiger partial charge >= 0.3 is 0 Å². The van der Waals surface area contributed by atoms with E-state index in [0.29, 0.717) is 11.3 Å². The van der Waals surface area contributed by atoms with Gasteiger partial charge in [0.15, 0.2) is 0 Å². The van der Waals surface area contributed by atoms with Crippen LogP contribution in [0.15, 0.2) is 54.6 Å². The molecule has 3 rings (SSSR count). The quantitative estimate of drug-likeness (QED) is 0.847. The van der Waals surface area contributed by atoms with Crippen LogP contribution in [0.1, 0.15) is 41.6 Å². The van der Waals surface area contributed by atoms with Crippen molar-refractivity contribution in [2.45, 2.75) is 25.7 Å². The highest BCUT2D eigenvalue weighted by atomic mass is 19.1. The minimum Gasteiger partial charge on any atom is -0.339 e. The van der Waals surface area contributed by atoms with Crippen molar-refractivity contribution in [1.82, 2.24) is 4.90 Å². The monoisotopic (exact) mass is 366 g/mol. The van der Waals surface area contributed by atoms with Crippen LogP contribution in [0, 0.1) is 5.82 Å². The van der Waals surface area contributed by atoms with E-state index in [1.54, 1.807) is 48.6 Å². The van der Waals surface area contributed by atoms with Gasteiger partial charge in [0.05, 0.1) is 0 Å². The number of hydrogen-bond donors (Lipinski definition) is 1. The first kappa shape index (κ1) is 18.8. The molecule has 0 bridgehead atoms. The van der Waals surface area contributed by atoms with Crippen molar-refractivity contribution in [2.75, 3.05) is 18.4 Å². The minimum atomic E-state index is -0.288. The Balaban J connectivity index is 1.56. The molecule has 140 valence electrons. The molecule has 2 amide bonds. The van der Waals surface area contributed by atoms with Gasteiger partial charge in [0.2, 0.25) is 5.91 Å². The fraction of sp³-hybridized carbons (Fsp3) is 0.273. The third kappa shape index (κ3) is 5.51. The molecule has 1 aliphatic heterocycles. The molecular formula is C22H23FN2O2. The molecule has 0 spiro atoms. The van der Waals surface area contributed by atoms with Crippen LogP contribution in [0.2, 0.25) is 0 Å². The Morgan fingerprint density at radius 2 is 1.78 bits per heavy atom. The highest BCUT2D eigenvalue weighted by Gasteiger charge is 2.18. The maximum atomic E-state index is 12.9. The molecule has 27 heavy (non-hydrogen) atoms. The molecule has 2 aromatic carbocycles. The average molecular weight is 366 g/mol. The summed E-state index contributed by atoms with van der Waals surface area (Å²) in [4.78, 5) is 26.6. The Morgan fingerprint density at radius 1 is 1.04 bits per heavy atom. The van der Waals surface area contributed by atoms with E-state index >= 15 is 0 Å². The van der Waals surface area contributed by atoms with Crippen molar-refractivity contribution >= 4 is 23.6 Å². The molecule has 1 saturated heterocycles. The molecule has 0 unspecified atom stereocenters. The van der Waals surface area contributed by atoms with Crippen LogP contribution < -0.4 is 5.32 Å². The molecule has 0 aliphatic carbocycles. The summed E-state index contributed by atoms with van der Waals surface area (Å²) < 4.78 is 12.9. The number of likely N-dealkylation sites (tertiary alicyclic amines) is 1. The molecule has 0 saturated carbocycles. The lowest BCUT2D eigenvalue weighted by Crippen LogP contribution is -2.35. The third-order valence-corrected chi connectivity index (χ3v) is 4.52. The molecule has 1 aliphatic rings. The van der Waals surface area contributed by atoms with Crippen molar-refractivity contribution in [3.63, 3.8) is 0 Å². The Hall–Kier alpha value is -2.95. The summed E-state index contributed by atoms with van der Waals surface area (Å²) in [7, 11) is 0. The molecule has 1 N–H and O–H groups in total. The molecule has 2 aromatic rings. The van der Waals surface area contributed by atoms with Gasteiger partial charge in [-0.25, -0.2) is 4.39 Å². The summed E-state index contributed by atoms with van der Waals surface area (Å²) in [6.07, 6.45) is 6.96. The van der Waals surface area contributed by atoms with Gasteiger partial charge in [0.25, 0.3) is 5.91 Å². The van der Waals surface area contributed by atoms with E-state index in [2.05, 4.69) is 5.32 Å². The molecule has 0 aromatic heterocycles. The number of carbonyl (C=O) groups excluding carboxylic acids is 2. The molecule has 5 heteroatoms. The third-order valence-electron chi connectivity index (χ3n) is 4.52. The van der Waals surface area contributed by atoms with Gasteiger partial charge in [0.1, 0.15) is 5.82 Å². The SMILES string of the molecule is O=C(C/C=C/c1ccc(F)cc1)Nc1cccc(C(=O)N2CCCCC2)c1. The smallest absolute Gasteiger partial charge is 0.253 e. The number of benzene rings is 2.